The number of aliphatic carboxylic acids is 3. The molecule has 7 heteroatoms. The van der Waals surface area contributed by atoms with Crippen molar-refractivity contribution in [3.8, 4) is 0 Å². The number of carboxylic acid groups (broad SMARTS) is 3. The summed E-state index contributed by atoms with van der Waals surface area (Å²) in [5, 5.41) is 30.8. The summed E-state index contributed by atoms with van der Waals surface area (Å²) in [6.07, 6.45) is 91.9. The zero-order valence-corrected chi connectivity index (χ0v) is 61.5. The SMILES string of the molecule is CCCCCCCCCCCCCCCCCCCCCC(=O)[O-].CCCCCCCCCCCCCCCCCCCCCC(=O)[O-].CCCCCCCCCCCCCCCCCCCCCC(=O)[O-].CCCCCCCCCCC[CH2][Sn+3]. The number of hydrogen-bond donors (Lipinski definition) is 0. The fourth-order valence-electron chi connectivity index (χ4n) is 11.7. The summed E-state index contributed by atoms with van der Waals surface area (Å²) in [6.45, 7) is 9.13. The molecule has 0 aromatic heterocycles. The van der Waals surface area contributed by atoms with Crippen LogP contribution in [-0.4, -0.2) is 40.4 Å². The van der Waals surface area contributed by atoms with Crippen molar-refractivity contribution >= 4 is 40.4 Å². The van der Waals surface area contributed by atoms with Gasteiger partial charge in [-0.2, -0.15) is 0 Å². The van der Waals surface area contributed by atoms with Gasteiger partial charge in [-0.3, -0.25) is 0 Å². The fraction of sp³-hybridized carbons (Fsp3) is 0.962. The standard InChI is InChI=1S/3C22H44O2.C12H25.Sn/c3*1-2-3-4-5-6-7-8-9-10-11-12-13-14-15-16-17-18-19-20-21-22(23)24;1-3-5-7-9-11-12-10-8-6-4-2;/h3*2-21H2,1H3,(H,23,24);1,3-12H2,2H3;/q;;;;+3/p-3. The summed E-state index contributed by atoms with van der Waals surface area (Å²) in [5.74, 6) is -2.70. The third kappa shape index (κ3) is 105. The monoisotopic (exact) mass is 1310 g/mol. The quantitative estimate of drug-likeness (QED) is 0.0442. The number of hydrogen-bond acceptors (Lipinski definition) is 6. The fourth-order valence-corrected chi connectivity index (χ4v) is 12.4. The first kappa shape index (κ1) is 90.6. The third-order valence-corrected chi connectivity index (χ3v) is 18.5. The molecule has 0 aliphatic carbocycles. The molecule has 0 N–H and O–H groups in total. The molecule has 0 spiro atoms. The van der Waals surface area contributed by atoms with Crippen LogP contribution in [0.4, 0.5) is 0 Å². The van der Waals surface area contributed by atoms with Gasteiger partial charge in [0.15, 0.2) is 0 Å². The van der Waals surface area contributed by atoms with Crippen molar-refractivity contribution in [3.63, 3.8) is 0 Å². The zero-order valence-electron chi connectivity index (χ0n) is 58.7. The molecule has 0 aliphatic rings. The molecule has 0 bridgehead atoms. The molecule has 0 amide bonds. The van der Waals surface area contributed by atoms with Gasteiger partial charge in [0.2, 0.25) is 0 Å². The number of carboxylic acids is 3. The molecule has 85 heavy (non-hydrogen) atoms. The summed E-state index contributed by atoms with van der Waals surface area (Å²) < 4.78 is 1.46. The molecular weight excluding hydrogens is 1150 g/mol. The molecule has 0 fully saturated rings. The number of carbonyl (C=O) groups excluding carboxylic acids is 3. The van der Waals surface area contributed by atoms with Crippen LogP contribution < -0.4 is 15.3 Å². The Hall–Kier alpha value is -0.791. The maximum atomic E-state index is 10.3. The topological polar surface area (TPSA) is 120 Å². The Labute approximate surface area is 548 Å². The summed E-state index contributed by atoms with van der Waals surface area (Å²) in [5.41, 5.74) is 0. The number of unbranched alkanes of at least 4 members (excludes halogenated alkanes) is 63. The Morgan fingerprint density at radius 2 is 0.271 bits per heavy atom. The van der Waals surface area contributed by atoms with Crippen LogP contribution in [0.1, 0.15) is 477 Å². The van der Waals surface area contributed by atoms with Gasteiger partial charge in [-0.25, -0.2) is 0 Å². The predicted molar refractivity (Wildman–Crippen MR) is 371 cm³/mol. The predicted octanol–water partition coefficient (Wildman–Crippen LogP) is 24.2. The molecule has 0 atom stereocenters. The van der Waals surface area contributed by atoms with Crippen LogP contribution in [0.3, 0.4) is 0 Å². The number of rotatable bonds is 70. The van der Waals surface area contributed by atoms with Gasteiger partial charge in [-0.15, -0.1) is 0 Å². The first-order valence-corrected chi connectivity index (χ1v) is 41.0. The first-order chi connectivity index (χ1) is 41.7. The van der Waals surface area contributed by atoms with Gasteiger partial charge in [-0.1, -0.05) is 367 Å². The molecular formula is C78H154O6Sn. The molecule has 0 aromatic carbocycles. The van der Waals surface area contributed by atoms with Crippen molar-refractivity contribution in [1.29, 1.82) is 0 Å². The average Bonchev–Trinajstić information content (AvgIpc) is 3.49. The molecule has 0 saturated carbocycles. The molecule has 0 aliphatic heterocycles. The Morgan fingerprint density at radius 3 is 0.365 bits per heavy atom. The van der Waals surface area contributed by atoms with E-state index in [4.69, 9.17) is 0 Å². The van der Waals surface area contributed by atoms with Gasteiger partial charge in [0.05, 0.1) is 0 Å². The molecule has 506 valence electrons. The van der Waals surface area contributed by atoms with E-state index in [0.717, 1.165) is 38.5 Å². The van der Waals surface area contributed by atoms with E-state index in [1.165, 1.54) is 396 Å². The Morgan fingerprint density at radius 1 is 0.176 bits per heavy atom. The molecule has 0 saturated heterocycles. The van der Waals surface area contributed by atoms with Gasteiger partial charge in [0.1, 0.15) is 0 Å². The summed E-state index contributed by atoms with van der Waals surface area (Å²) >= 11 is 1.72. The van der Waals surface area contributed by atoms with E-state index in [9.17, 15) is 29.7 Å². The van der Waals surface area contributed by atoms with Crippen LogP contribution in [0, 0.1) is 0 Å². The second-order valence-electron chi connectivity index (χ2n) is 26.4. The zero-order chi connectivity index (χ0) is 62.9. The van der Waals surface area contributed by atoms with E-state index >= 15 is 0 Å². The van der Waals surface area contributed by atoms with Crippen molar-refractivity contribution in [3.05, 3.63) is 0 Å². The van der Waals surface area contributed by atoms with Crippen LogP contribution in [0.15, 0.2) is 0 Å². The Kier molecular flexibility index (Phi) is 95.6. The average molecular weight is 1310 g/mol. The summed E-state index contributed by atoms with van der Waals surface area (Å²) in [6, 6.07) is 0. The van der Waals surface area contributed by atoms with Crippen LogP contribution in [0.5, 0.6) is 0 Å². The first-order valence-electron chi connectivity index (χ1n) is 39.0. The van der Waals surface area contributed by atoms with Gasteiger partial charge in [-0.05, 0) is 38.5 Å². The van der Waals surface area contributed by atoms with Crippen LogP contribution in [0.25, 0.3) is 0 Å². The van der Waals surface area contributed by atoms with Crippen molar-refractivity contribution in [2.24, 2.45) is 0 Å². The van der Waals surface area contributed by atoms with Crippen molar-refractivity contribution in [1.82, 2.24) is 0 Å². The van der Waals surface area contributed by atoms with Gasteiger partial charge in [0, 0.05) is 17.9 Å². The normalized spacial score (nSPS) is 11.0. The van der Waals surface area contributed by atoms with Crippen molar-refractivity contribution in [2.75, 3.05) is 0 Å². The van der Waals surface area contributed by atoms with Crippen molar-refractivity contribution < 1.29 is 29.7 Å². The van der Waals surface area contributed by atoms with Gasteiger partial charge in [0.25, 0.3) is 0 Å². The van der Waals surface area contributed by atoms with E-state index in [1.54, 1.807) is 22.5 Å². The Bertz CT molecular complexity index is 1050. The second kappa shape index (κ2) is 89.6. The number of carbonyl (C=O) groups is 3. The van der Waals surface area contributed by atoms with Crippen molar-refractivity contribution in [2.45, 2.75) is 482 Å². The van der Waals surface area contributed by atoms with E-state index in [2.05, 4.69) is 27.7 Å². The molecule has 0 rings (SSSR count). The Balaban J connectivity index is -0.000000526. The van der Waals surface area contributed by atoms with E-state index < -0.39 is 17.9 Å². The molecule has 0 unspecified atom stereocenters. The van der Waals surface area contributed by atoms with Crippen LogP contribution in [-0.2, 0) is 14.4 Å². The molecule has 0 radical (unpaired) electrons. The van der Waals surface area contributed by atoms with Gasteiger partial charge < -0.3 is 29.7 Å². The minimum atomic E-state index is -0.901. The van der Waals surface area contributed by atoms with Crippen LogP contribution in [0.2, 0.25) is 4.44 Å². The summed E-state index contributed by atoms with van der Waals surface area (Å²) in [4.78, 5) is 30.8. The molecule has 6 nitrogen and oxygen atoms in total. The summed E-state index contributed by atoms with van der Waals surface area (Å²) in [7, 11) is 0. The molecule has 0 aromatic rings. The van der Waals surface area contributed by atoms with Crippen LogP contribution >= 0.6 is 0 Å². The van der Waals surface area contributed by atoms with E-state index in [0.29, 0.717) is 0 Å². The third-order valence-electron chi connectivity index (χ3n) is 17.5. The van der Waals surface area contributed by atoms with Gasteiger partial charge >= 0.3 is 98.1 Å². The van der Waals surface area contributed by atoms with E-state index in [-0.39, 0.29) is 19.3 Å². The minimum absolute atomic E-state index is 0.235. The maximum absolute atomic E-state index is 10.3. The molecule has 0 heterocycles. The van der Waals surface area contributed by atoms with E-state index in [1.807, 2.05) is 0 Å². The second-order valence-corrected chi connectivity index (χ2v) is 27.8.